The summed E-state index contributed by atoms with van der Waals surface area (Å²) in [6.07, 6.45) is 8.86. The van der Waals surface area contributed by atoms with E-state index in [9.17, 15) is 4.79 Å². The monoisotopic (exact) mass is 572 g/mol. The maximum Gasteiger partial charge on any atom is 0.331 e. The van der Waals surface area contributed by atoms with Gasteiger partial charge in [0.05, 0.1) is 39.1 Å². The van der Waals surface area contributed by atoms with Gasteiger partial charge in [0.25, 0.3) is 0 Å². The van der Waals surface area contributed by atoms with Crippen molar-refractivity contribution in [1.82, 2.24) is 0 Å². The molecule has 4 rings (SSSR count). The van der Waals surface area contributed by atoms with E-state index >= 15 is 0 Å². The van der Waals surface area contributed by atoms with E-state index in [1.807, 2.05) is 13.8 Å². The van der Waals surface area contributed by atoms with Crippen molar-refractivity contribution in [3.05, 3.63) is 35.4 Å². The Morgan fingerprint density at radius 1 is 1.12 bits per heavy atom. The number of esters is 1. The van der Waals surface area contributed by atoms with Crippen molar-refractivity contribution in [2.24, 2.45) is 17.3 Å². The van der Waals surface area contributed by atoms with E-state index < -0.39 is 5.97 Å². The molecule has 8 nitrogen and oxygen atoms in total. The fourth-order valence-electron chi connectivity index (χ4n) is 6.53. The Kier molecular flexibility index (Phi) is 10.1. The zero-order chi connectivity index (χ0) is 29.8. The molecule has 228 valence electrons. The third-order valence-corrected chi connectivity index (χ3v) is 8.82. The average Bonchev–Trinajstić information content (AvgIpc) is 3.86. The van der Waals surface area contributed by atoms with Crippen LogP contribution in [0.3, 0.4) is 0 Å². The number of rotatable bonds is 14. The van der Waals surface area contributed by atoms with Gasteiger partial charge < -0.3 is 33.2 Å². The minimum Gasteiger partial charge on any atom is -0.493 e. The number of hydrogen-bond donors (Lipinski definition) is 0. The number of ether oxygens (including phenoxy) is 7. The van der Waals surface area contributed by atoms with Crippen molar-refractivity contribution in [3.63, 3.8) is 0 Å². The predicted molar refractivity (Wildman–Crippen MR) is 158 cm³/mol. The molecule has 1 spiro atoms. The Labute approximate surface area is 245 Å². The van der Waals surface area contributed by atoms with Crippen LogP contribution in [0.1, 0.15) is 65.9 Å². The minimum absolute atomic E-state index is 0.113. The smallest absolute Gasteiger partial charge is 0.331 e. The number of allylic oxidation sites excluding steroid dienone is 2. The van der Waals surface area contributed by atoms with Crippen LogP contribution in [-0.4, -0.2) is 71.0 Å². The summed E-state index contributed by atoms with van der Waals surface area (Å²) in [5.41, 5.74) is 2.04. The van der Waals surface area contributed by atoms with E-state index in [2.05, 4.69) is 26.8 Å². The van der Waals surface area contributed by atoms with Gasteiger partial charge in [-0.3, -0.25) is 0 Å². The number of methoxy groups -OCH3 is 3. The summed E-state index contributed by atoms with van der Waals surface area (Å²) in [7, 11) is 4.86. The van der Waals surface area contributed by atoms with Crippen LogP contribution in [0, 0.1) is 17.3 Å². The van der Waals surface area contributed by atoms with E-state index in [0.717, 1.165) is 37.9 Å². The van der Waals surface area contributed by atoms with Gasteiger partial charge in [0, 0.05) is 19.1 Å². The summed E-state index contributed by atoms with van der Waals surface area (Å²) in [6, 6.07) is 3.60. The van der Waals surface area contributed by atoms with Crippen LogP contribution in [0.5, 0.6) is 17.2 Å². The van der Waals surface area contributed by atoms with Gasteiger partial charge in [-0.2, -0.15) is 0 Å². The largest absolute Gasteiger partial charge is 0.493 e. The van der Waals surface area contributed by atoms with E-state index in [0.29, 0.717) is 36.4 Å². The Morgan fingerprint density at radius 2 is 1.80 bits per heavy atom. The highest BCUT2D eigenvalue weighted by atomic mass is 16.6. The lowest BCUT2D eigenvalue weighted by Gasteiger charge is -2.44. The highest BCUT2D eigenvalue weighted by molar-refractivity contribution is 5.87. The first-order valence-electron chi connectivity index (χ1n) is 14.8. The van der Waals surface area contributed by atoms with Gasteiger partial charge in [-0.25, -0.2) is 4.79 Å². The quantitative estimate of drug-likeness (QED) is 0.0881. The van der Waals surface area contributed by atoms with E-state index in [-0.39, 0.29) is 35.2 Å². The van der Waals surface area contributed by atoms with E-state index in [1.165, 1.54) is 11.6 Å². The Balaban J connectivity index is 1.43. The summed E-state index contributed by atoms with van der Waals surface area (Å²) >= 11 is 0. The zero-order valence-electron chi connectivity index (χ0n) is 26.0. The van der Waals surface area contributed by atoms with Crippen LogP contribution in [0.15, 0.2) is 29.9 Å². The molecule has 1 aliphatic heterocycles. The molecule has 8 heteroatoms. The number of carbonyl (C=O) groups excluding carboxylic acids is 1. The highest BCUT2D eigenvalue weighted by Gasteiger charge is 2.70. The zero-order valence-corrected chi connectivity index (χ0v) is 26.0. The molecule has 3 aliphatic rings. The Hall–Kier alpha value is -2.55. The Bertz CT molecular complexity index is 1090. The molecule has 2 unspecified atom stereocenters. The van der Waals surface area contributed by atoms with Crippen LogP contribution < -0.4 is 14.2 Å². The van der Waals surface area contributed by atoms with E-state index in [4.69, 9.17) is 33.2 Å². The first kappa shape index (κ1) is 31.4. The second kappa shape index (κ2) is 13.2. The van der Waals surface area contributed by atoms with Crippen molar-refractivity contribution in [2.75, 3.05) is 41.2 Å². The van der Waals surface area contributed by atoms with Gasteiger partial charge in [0.1, 0.15) is 18.8 Å². The molecular formula is C33H48O8. The molecule has 2 saturated carbocycles. The van der Waals surface area contributed by atoms with Gasteiger partial charge >= 0.3 is 5.97 Å². The molecule has 3 fully saturated rings. The molecule has 0 N–H and O–H groups in total. The first-order valence-corrected chi connectivity index (χ1v) is 14.8. The van der Waals surface area contributed by atoms with Crippen molar-refractivity contribution in [3.8, 4) is 17.2 Å². The fourth-order valence-corrected chi connectivity index (χ4v) is 6.53. The van der Waals surface area contributed by atoms with E-state index in [1.54, 1.807) is 39.5 Å². The lowest BCUT2D eigenvalue weighted by Crippen LogP contribution is -2.53. The summed E-state index contributed by atoms with van der Waals surface area (Å²) in [6.45, 7) is 12.2. The van der Waals surface area contributed by atoms with Gasteiger partial charge in [-0.1, -0.05) is 18.6 Å². The molecule has 0 amide bonds. The normalized spacial score (nSPS) is 30.4. The maximum atomic E-state index is 13.0. The summed E-state index contributed by atoms with van der Waals surface area (Å²) < 4.78 is 40.7. The highest BCUT2D eigenvalue weighted by Crippen LogP contribution is 2.68. The summed E-state index contributed by atoms with van der Waals surface area (Å²) in [5, 5.41) is 0. The summed E-state index contributed by atoms with van der Waals surface area (Å²) in [5.74, 6) is 1.88. The molecule has 6 atom stereocenters. The van der Waals surface area contributed by atoms with Crippen LogP contribution >= 0.6 is 0 Å². The number of hydrogen-bond acceptors (Lipinski definition) is 8. The predicted octanol–water partition coefficient (Wildman–Crippen LogP) is 6.01. The summed E-state index contributed by atoms with van der Waals surface area (Å²) in [4.78, 5) is 13.0. The molecule has 0 radical (unpaired) electrons. The molecule has 1 aromatic carbocycles. The van der Waals surface area contributed by atoms with Crippen molar-refractivity contribution in [1.29, 1.82) is 0 Å². The van der Waals surface area contributed by atoms with Crippen LogP contribution in [0.4, 0.5) is 0 Å². The molecule has 2 aliphatic carbocycles. The molecular weight excluding hydrogens is 524 g/mol. The lowest BCUT2D eigenvalue weighted by molar-refractivity contribution is -0.167. The average molecular weight is 573 g/mol. The van der Waals surface area contributed by atoms with Crippen molar-refractivity contribution >= 4 is 12.0 Å². The molecule has 1 saturated heterocycles. The van der Waals surface area contributed by atoms with Gasteiger partial charge in [-0.05, 0) is 88.5 Å². The first-order chi connectivity index (χ1) is 19.6. The van der Waals surface area contributed by atoms with Crippen LogP contribution in [0.2, 0.25) is 0 Å². The molecule has 0 aromatic heterocycles. The number of epoxide rings is 1. The maximum absolute atomic E-state index is 13.0. The fraction of sp³-hybridized carbons (Fsp3) is 0.667. The Morgan fingerprint density at radius 3 is 2.37 bits per heavy atom. The van der Waals surface area contributed by atoms with Crippen molar-refractivity contribution in [2.45, 2.75) is 84.2 Å². The van der Waals surface area contributed by atoms with Gasteiger partial charge in [0.2, 0.25) is 5.75 Å². The third-order valence-electron chi connectivity index (χ3n) is 8.82. The van der Waals surface area contributed by atoms with Gasteiger partial charge in [-0.15, -0.1) is 0 Å². The molecule has 1 heterocycles. The second-order valence-electron chi connectivity index (χ2n) is 12.3. The minimum atomic E-state index is -0.408. The molecule has 41 heavy (non-hydrogen) atoms. The van der Waals surface area contributed by atoms with Crippen LogP contribution in [-0.2, 0) is 23.7 Å². The standard InChI is InChI=1S/C33H48O8/c1-21(2)9-11-24-19-32(24,5)31-30(37-8)25(13-14-33(31)20-40-33)41-28(34)12-10-23-17-26(35-6)29(27(18-23)36-7)39-16-15-38-22(3)4/h9-10,12,17-18,22,24-25,30-31H,11,13-16,19-20H2,1-8H3/b12-10+/t24?,25-,30-,31?,32-,33+/m1/s1. The second-order valence-corrected chi connectivity index (χ2v) is 12.3. The van der Waals surface area contributed by atoms with Crippen LogP contribution in [0.25, 0.3) is 6.08 Å². The number of carbonyl (C=O) groups is 1. The SMILES string of the molecule is COc1cc(/C=C/C(=O)O[C@@H]2CC[C@]3(CO3)C([C@]3(C)CC3CC=C(C)C)[C@@H]2OC)cc(OC)c1OCCOC(C)C. The van der Waals surface area contributed by atoms with Gasteiger partial charge in [0.15, 0.2) is 11.5 Å². The number of benzene rings is 1. The lowest BCUT2D eigenvalue weighted by atomic mass is 9.67. The molecule has 0 bridgehead atoms. The van der Waals surface area contributed by atoms with Crippen molar-refractivity contribution < 1.29 is 38.0 Å². The third kappa shape index (κ3) is 7.27. The topological polar surface area (TPSA) is 85.0 Å². The molecule has 1 aromatic rings.